The molecule has 0 N–H and O–H groups in total. The lowest BCUT2D eigenvalue weighted by molar-refractivity contribution is -0.136. The van der Waals surface area contributed by atoms with E-state index in [0.29, 0.717) is 10.8 Å². The molecule has 0 spiro atoms. The van der Waals surface area contributed by atoms with Crippen LogP contribution < -0.4 is 0 Å². The monoisotopic (exact) mass is 267 g/mol. The van der Waals surface area contributed by atoms with Crippen LogP contribution in [0, 0.1) is 5.92 Å². The minimum atomic E-state index is -0.414. The molecule has 1 amide bonds. The summed E-state index contributed by atoms with van der Waals surface area (Å²) in [6.07, 6.45) is 2.20. The van der Waals surface area contributed by atoms with Gasteiger partial charge in [-0.3, -0.25) is 4.79 Å². The van der Waals surface area contributed by atoms with E-state index >= 15 is 0 Å². The maximum atomic E-state index is 11.9. The van der Waals surface area contributed by atoms with Gasteiger partial charge in [0.1, 0.15) is 4.88 Å². The zero-order valence-electron chi connectivity index (χ0n) is 10.4. The number of rotatable bonds is 3. The van der Waals surface area contributed by atoms with Crippen LogP contribution in [0.15, 0.2) is 17.5 Å². The number of nitrogens with zero attached hydrogens (tertiary/aromatic N) is 1. The van der Waals surface area contributed by atoms with Gasteiger partial charge in [0.15, 0.2) is 6.61 Å². The SMILES string of the molecule is C[C@H]1CCCN(C(=O)COC(=O)c2cccs2)C1. The molecular formula is C13H17NO3S. The second-order valence-electron chi connectivity index (χ2n) is 4.64. The van der Waals surface area contributed by atoms with Gasteiger partial charge in [-0.05, 0) is 30.2 Å². The van der Waals surface area contributed by atoms with Gasteiger partial charge in [-0.2, -0.15) is 0 Å². The minimum Gasteiger partial charge on any atom is -0.451 e. The van der Waals surface area contributed by atoms with Gasteiger partial charge in [-0.15, -0.1) is 11.3 Å². The summed E-state index contributed by atoms with van der Waals surface area (Å²) in [5, 5.41) is 1.81. The van der Waals surface area contributed by atoms with Crippen LogP contribution in [0.4, 0.5) is 0 Å². The zero-order valence-corrected chi connectivity index (χ0v) is 11.2. The van der Waals surface area contributed by atoms with Crippen LogP contribution in [-0.4, -0.2) is 36.5 Å². The number of hydrogen-bond donors (Lipinski definition) is 0. The molecule has 1 aliphatic rings. The molecule has 0 aliphatic carbocycles. The van der Waals surface area contributed by atoms with Gasteiger partial charge < -0.3 is 9.64 Å². The highest BCUT2D eigenvalue weighted by Crippen LogP contribution is 2.16. The Morgan fingerprint density at radius 3 is 3.06 bits per heavy atom. The lowest BCUT2D eigenvalue weighted by Crippen LogP contribution is -2.41. The highest BCUT2D eigenvalue weighted by molar-refractivity contribution is 7.11. The summed E-state index contributed by atoms with van der Waals surface area (Å²) < 4.78 is 5.02. The third-order valence-corrected chi connectivity index (χ3v) is 3.91. The highest BCUT2D eigenvalue weighted by atomic mass is 32.1. The van der Waals surface area contributed by atoms with Gasteiger partial charge in [0.05, 0.1) is 0 Å². The summed E-state index contributed by atoms with van der Waals surface area (Å²) >= 11 is 1.32. The topological polar surface area (TPSA) is 46.6 Å². The predicted molar refractivity (Wildman–Crippen MR) is 69.6 cm³/mol. The second kappa shape index (κ2) is 6.00. The Kier molecular flexibility index (Phi) is 4.36. The quantitative estimate of drug-likeness (QED) is 0.788. The molecule has 18 heavy (non-hydrogen) atoms. The molecule has 1 aliphatic heterocycles. The molecule has 0 radical (unpaired) electrons. The molecule has 1 atom stereocenters. The Balaban J connectivity index is 1.79. The van der Waals surface area contributed by atoms with E-state index in [1.54, 1.807) is 17.0 Å². The third-order valence-electron chi connectivity index (χ3n) is 3.06. The first kappa shape index (κ1) is 13.1. The van der Waals surface area contributed by atoms with E-state index in [4.69, 9.17) is 4.74 Å². The molecular weight excluding hydrogens is 250 g/mol. The van der Waals surface area contributed by atoms with Crippen molar-refractivity contribution in [3.05, 3.63) is 22.4 Å². The van der Waals surface area contributed by atoms with Crippen LogP contribution in [0.5, 0.6) is 0 Å². The zero-order chi connectivity index (χ0) is 13.0. The number of hydrogen-bond acceptors (Lipinski definition) is 4. The van der Waals surface area contributed by atoms with Gasteiger partial charge >= 0.3 is 5.97 Å². The maximum Gasteiger partial charge on any atom is 0.348 e. The molecule has 1 fully saturated rings. The summed E-state index contributed by atoms with van der Waals surface area (Å²) in [5.74, 6) is 0.0329. The van der Waals surface area contributed by atoms with Gasteiger partial charge in [0.25, 0.3) is 5.91 Å². The van der Waals surface area contributed by atoms with Crippen molar-refractivity contribution in [1.29, 1.82) is 0 Å². The summed E-state index contributed by atoms with van der Waals surface area (Å²) in [7, 11) is 0. The number of ether oxygens (including phenoxy) is 1. The fourth-order valence-corrected chi connectivity index (χ4v) is 2.72. The Morgan fingerprint density at radius 2 is 2.39 bits per heavy atom. The van der Waals surface area contributed by atoms with Gasteiger partial charge in [0, 0.05) is 13.1 Å². The highest BCUT2D eigenvalue weighted by Gasteiger charge is 2.22. The maximum absolute atomic E-state index is 11.9. The Morgan fingerprint density at radius 1 is 1.56 bits per heavy atom. The number of carbonyl (C=O) groups is 2. The van der Waals surface area contributed by atoms with Crippen LogP contribution in [0.3, 0.4) is 0 Å². The summed E-state index contributed by atoms with van der Waals surface area (Å²) in [6, 6.07) is 3.48. The van der Waals surface area contributed by atoms with E-state index in [9.17, 15) is 9.59 Å². The van der Waals surface area contributed by atoms with Crippen LogP contribution in [0.25, 0.3) is 0 Å². The van der Waals surface area contributed by atoms with Gasteiger partial charge in [-0.1, -0.05) is 13.0 Å². The summed E-state index contributed by atoms with van der Waals surface area (Å²) in [6.45, 7) is 3.54. The van der Waals surface area contributed by atoms with Crippen LogP contribution in [0.2, 0.25) is 0 Å². The molecule has 2 heterocycles. The van der Waals surface area contributed by atoms with Crippen LogP contribution in [0.1, 0.15) is 29.4 Å². The molecule has 0 saturated carbocycles. The molecule has 2 rings (SSSR count). The summed E-state index contributed by atoms with van der Waals surface area (Å²) in [4.78, 5) is 25.8. The molecule has 0 aromatic carbocycles. The summed E-state index contributed by atoms with van der Waals surface area (Å²) in [5.41, 5.74) is 0. The van der Waals surface area contributed by atoms with E-state index in [1.807, 2.05) is 5.38 Å². The Labute approximate surface area is 111 Å². The largest absolute Gasteiger partial charge is 0.451 e. The smallest absolute Gasteiger partial charge is 0.348 e. The van der Waals surface area contributed by atoms with Crippen LogP contribution >= 0.6 is 11.3 Å². The number of piperidine rings is 1. The average Bonchev–Trinajstić information content (AvgIpc) is 2.89. The number of esters is 1. The molecule has 1 saturated heterocycles. The van der Waals surface area contributed by atoms with Crippen molar-refractivity contribution >= 4 is 23.2 Å². The lowest BCUT2D eigenvalue weighted by Gasteiger charge is -2.30. The first-order valence-corrected chi connectivity index (χ1v) is 7.03. The molecule has 4 nitrogen and oxygen atoms in total. The fourth-order valence-electron chi connectivity index (χ4n) is 2.10. The van der Waals surface area contributed by atoms with Gasteiger partial charge in [0.2, 0.25) is 0 Å². The molecule has 0 bridgehead atoms. The normalized spacial score (nSPS) is 19.6. The van der Waals surface area contributed by atoms with Crippen molar-refractivity contribution in [2.24, 2.45) is 5.92 Å². The number of carbonyl (C=O) groups excluding carboxylic acids is 2. The Hall–Kier alpha value is -1.36. The van der Waals surface area contributed by atoms with E-state index in [-0.39, 0.29) is 12.5 Å². The second-order valence-corrected chi connectivity index (χ2v) is 5.59. The molecule has 1 aromatic heterocycles. The van der Waals surface area contributed by atoms with E-state index in [1.165, 1.54) is 17.8 Å². The third kappa shape index (κ3) is 3.32. The number of thiophene rings is 1. The van der Waals surface area contributed by atoms with Crippen molar-refractivity contribution < 1.29 is 14.3 Å². The standard InChI is InChI=1S/C13H17NO3S/c1-10-4-2-6-14(8-10)12(15)9-17-13(16)11-5-3-7-18-11/h3,5,7,10H,2,4,6,8-9H2,1H3/t10-/m0/s1. The van der Waals surface area contributed by atoms with E-state index < -0.39 is 5.97 Å². The van der Waals surface area contributed by atoms with Crippen LogP contribution in [-0.2, 0) is 9.53 Å². The number of likely N-dealkylation sites (tertiary alicyclic amines) is 1. The van der Waals surface area contributed by atoms with Crippen molar-refractivity contribution in [3.63, 3.8) is 0 Å². The van der Waals surface area contributed by atoms with Gasteiger partial charge in [-0.25, -0.2) is 4.79 Å². The average molecular weight is 267 g/mol. The van der Waals surface area contributed by atoms with E-state index in [2.05, 4.69) is 6.92 Å². The fraction of sp³-hybridized carbons (Fsp3) is 0.538. The molecule has 1 aromatic rings. The van der Waals surface area contributed by atoms with E-state index in [0.717, 1.165) is 19.5 Å². The molecule has 98 valence electrons. The number of amides is 1. The lowest BCUT2D eigenvalue weighted by atomic mass is 10.0. The predicted octanol–water partition coefficient (Wildman–Crippen LogP) is 2.16. The molecule has 0 unspecified atom stereocenters. The Bertz CT molecular complexity index is 416. The van der Waals surface area contributed by atoms with Crippen molar-refractivity contribution in [2.45, 2.75) is 19.8 Å². The molecule has 5 heteroatoms. The van der Waals surface area contributed by atoms with Crippen molar-refractivity contribution in [1.82, 2.24) is 4.90 Å². The first-order valence-electron chi connectivity index (χ1n) is 6.15. The first-order chi connectivity index (χ1) is 8.66. The minimum absolute atomic E-state index is 0.0912. The van der Waals surface area contributed by atoms with Crippen molar-refractivity contribution in [2.75, 3.05) is 19.7 Å². The van der Waals surface area contributed by atoms with Crippen molar-refractivity contribution in [3.8, 4) is 0 Å².